The number of benzene rings is 1. The molecule has 0 aliphatic rings. The molecule has 0 amide bonds. The monoisotopic (exact) mass is 276 g/mol. The Kier molecular flexibility index (Phi) is 4.57. The number of aryl methyl sites for hydroxylation is 1. The molecule has 0 saturated heterocycles. The van der Waals surface area contributed by atoms with Crippen molar-refractivity contribution < 1.29 is 4.74 Å². The Morgan fingerprint density at radius 1 is 1.21 bits per heavy atom. The maximum Gasteiger partial charge on any atom is 0.322 e. The van der Waals surface area contributed by atoms with Crippen LogP contribution in [0, 0.1) is 6.92 Å². The van der Waals surface area contributed by atoms with Crippen LogP contribution in [0.1, 0.15) is 18.1 Å². The molecule has 5 nitrogen and oxygen atoms in total. The first-order valence-electron chi connectivity index (χ1n) is 6.00. The summed E-state index contributed by atoms with van der Waals surface area (Å²) in [5.41, 5.74) is 8.14. The SMILES string of the molecule is CCOc1nc(N)nc(SCc2ccccc2C)n1. The third-order valence-corrected chi connectivity index (χ3v) is 3.40. The van der Waals surface area contributed by atoms with Gasteiger partial charge in [-0.1, -0.05) is 36.0 Å². The number of ether oxygens (including phenoxy) is 1. The summed E-state index contributed by atoms with van der Waals surface area (Å²) in [6.45, 7) is 4.47. The van der Waals surface area contributed by atoms with Gasteiger partial charge in [0.25, 0.3) is 0 Å². The summed E-state index contributed by atoms with van der Waals surface area (Å²) >= 11 is 1.52. The van der Waals surface area contributed by atoms with Crippen LogP contribution in [-0.2, 0) is 5.75 Å². The number of rotatable bonds is 5. The van der Waals surface area contributed by atoms with Crippen LogP contribution in [0.4, 0.5) is 5.95 Å². The molecule has 1 aromatic carbocycles. The molecule has 2 aromatic rings. The van der Waals surface area contributed by atoms with Crippen LogP contribution in [0.25, 0.3) is 0 Å². The zero-order valence-electron chi connectivity index (χ0n) is 11.0. The van der Waals surface area contributed by atoms with E-state index in [-0.39, 0.29) is 12.0 Å². The van der Waals surface area contributed by atoms with E-state index in [1.54, 1.807) is 0 Å². The average Bonchev–Trinajstić information content (AvgIpc) is 2.37. The highest BCUT2D eigenvalue weighted by Gasteiger charge is 2.07. The third kappa shape index (κ3) is 3.82. The first kappa shape index (κ1) is 13.6. The van der Waals surface area contributed by atoms with Crippen molar-refractivity contribution in [3.63, 3.8) is 0 Å². The van der Waals surface area contributed by atoms with E-state index in [9.17, 15) is 0 Å². The van der Waals surface area contributed by atoms with E-state index in [1.807, 2.05) is 19.1 Å². The van der Waals surface area contributed by atoms with E-state index in [0.717, 1.165) is 5.75 Å². The topological polar surface area (TPSA) is 73.9 Å². The molecule has 0 atom stereocenters. The molecule has 2 rings (SSSR count). The van der Waals surface area contributed by atoms with Crippen molar-refractivity contribution in [3.8, 4) is 6.01 Å². The first-order chi connectivity index (χ1) is 9.19. The number of aromatic nitrogens is 3. The Hall–Kier alpha value is -1.82. The van der Waals surface area contributed by atoms with Crippen LogP contribution in [0.3, 0.4) is 0 Å². The zero-order valence-corrected chi connectivity index (χ0v) is 11.8. The normalized spacial score (nSPS) is 10.4. The number of hydrogen-bond donors (Lipinski definition) is 1. The number of hydrogen-bond acceptors (Lipinski definition) is 6. The Bertz CT molecular complexity index is 562. The number of anilines is 1. The van der Waals surface area contributed by atoms with E-state index in [4.69, 9.17) is 10.5 Å². The molecular formula is C13H16N4OS. The van der Waals surface area contributed by atoms with Gasteiger partial charge in [-0.05, 0) is 25.0 Å². The zero-order chi connectivity index (χ0) is 13.7. The lowest BCUT2D eigenvalue weighted by atomic mass is 10.1. The molecule has 19 heavy (non-hydrogen) atoms. The molecule has 1 heterocycles. The number of nitrogens with zero attached hydrogens (tertiary/aromatic N) is 3. The van der Waals surface area contributed by atoms with Gasteiger partial charge < -0.3 is 10.5 Å². The number of nitrogen functional groups attached to an aromatic ring is 1. The fourth-order valence-electron chi connectivity index (χ4n) is 1.53. The van der Waals surface area contributed by atoms with E-state index < -0.39 is 0 Å². The van der Waals surface area contributed by atoms with E-state index in [2.05, 4.69) is 34.0 Å². The van der Waals surface area contributed by atoms with Crippen LogP contribution in [0.15, 0.2) is 29.4 Å². The van der Waals surface area contributed by atoms with E-state index >= 15 is 0 Å². The fraction of sp³-hybridized carbons (Fsp3) is 0.308. The van der Waals surface area contributed by atoms with Gasteiger partial charge in [-0.15, -0.1) is 0 Å². The van der Waals surface area contributed by atoms with Gasteiger partial charge in [0.1, 0.15) is 0 Å². The molecular weight excluding hydrogens is 260 g/mol. The smallest absolute Gasteiger partial charge is 0.322 e. The molecule has 0 radical (unpaired) electrons. The van der Waals surface area contributed by atoms with Gasteiger partial charge in [0, 0.05) is 5.75 Å². The van der Waals surface area contributed by atoms with Gasteiger partial charge in [-0.3, -0.25) is 0 Å². The van der Waals surface area contributed by atoms with Gasteiger partial charge in [0.15, 0.2) is 5.16 Å². The lowest BCUT2D eigenvalue weighted by Gasteiger charge is -2.06. The largest absolute Gasteiger partial charge is 0.464 e. The Labute approximate surface area is 116 Å². The lowest BCUT2D eigenvalue weighted by molar-refractivity contribution is 0.308. The van der Waals surface area contributed by atoms with Crippen LogP contribution in [0.2, 0.25) is 0 Å². The summed E-state index contributed by atoms with van der Waals surface area (Å²) in [5, 5.41) is 0.583. The Morgan fingerprint density at radius 3 is 2.74 bits per heavy atom. The first-order valence-corrected chi connectivity index (χ1v) is 6.99. The molecule has 0 unspecified atom stereocenters. The predicted octanol–water partition coefficient (Wildman–Crippen LogP) is 2.45. The second kappa shape index (κ2) is 6.38. The van der Waals surface area contributed by atoms with Crippen molar-refractivity contribution >= 4 is 17.7 Å². The molecule has 0 fully saturated rings. The summed E-state index contributed by atoms with van der Waals surface area (Å²) in [6, 6.07) is 8.51. The highest BCUT2D eigenvalue weighted by atomic mass is 32.2. The van der Waals surface area contributed by atoms with Crippen molar-refractivity contribution in [1.82, 2.24) is 15.0 Å². The van der Waals surface area contributed by atoms with Gasteiger partial charge >= 0.3 is 6.01 Å². The fourth-order valence-corrected chi connectivity index (χ4v) is 2.43. The lowest BCUT2D eigenvalue weighted by Crippen LogP contribution is -2.04. The summed E-state index contributed by atoms with van der Waals surface area (Å²) < 4.78 is 5.25. The van der Waals surface area contributed by atoms with Gasteiger partial charge in [-0.25, -0.2) is 0 Å². The molecule has 0 bridgehead atoms. The van der Waals surface area contributed by atoms with Crippen LogP contribution < -0.4 is 10.5 Å². The van der Waals surface area contributed by atoms with Crippen molar-refractivity contribution in [2.24, 2.45) is 0 Å². The van der Waals surface area contributed by atoms with E-state index in [1.165, 1.54) is 22.9 Å². The molecule has 2 N–H and O–H groups in total. The van der Waals surface area contributed by atoms with Crippen LogP contribution >= 0.6 is 11.8 Å². The molecule has 0 saturated carbocycles. The highest BCUT2D eigenvalue weighted by molar-refractivity contribution is 7.98. The van der Waals surface area contributed by atoms with Gasteiger partial charge in [-0.2, -0.15) is 15.0 Å². The number of nitrogens with two attached hydrogens (primary N) is 1. The maximum absolute atomic E-state index is 5.63. The average molecular weight is 276 g/mol. The predicted molar refractivity (Wildman–Crippen MR) is 76.1 cm³/mol. The molecule has 0 aliphatic heterocycles. The summed E-state index contributed by atoms with van der Waals surface area (Å²) in [5.74, 6) is 0.979. The minimum Gasteiger partial charge on any atom is -0.464 e. The Balaban J connectivity index is 2.09. The molecule has 0 spiro atoms. The quantitative estimate of drug-likeness (QED) is 0.846. The molecule has 100 valence electrons. The van der Waals surface area contributed by atoms with E-state index in [0.29, 0.717) is 11.8 Å². The maximum atomic E-state index is 5.63. The molecule has 1 aromatic heterocycles. The Morgan fingerprint density at radius 2 is 2.00 bits per heavy atom. The number of thioether (sulfide) groups is 1. The standard InChI is InChI=1S/C13H16N4OS/c1-3-18-12-15-11(14)16-13(17-12)19-8-10-7-5-4-6-9(10)2/h4-7H,3,8H2,1-2H3,(H2,14,15,16,17). The van der Waals surface area contributed by atoms with Crippen LogP contribution in [0.5, 0.6) is 6.01 Å². The van der Waals surface area contributed by atoms with Gasteiger partial charge in [0.05, 0.1) is 6.61 Å². The molecule has 0 aliphatic carbocycles. The second-order valence-corrected chi connectivity index (χ2v) is 4.85. The van der Waals surface area contributed by atoms with Gasteiger partial charge in [0.2, 0.25) is 5.95 Å². The van der Waals surface area contributed by atoms with Crippen LogP contribution in [-0.4, -0.2) is 21.6 Å². The minimum atomic E-state index is 0.186. The van der Waals surface area contributed by atoms with Crippen molar-refractivity contribution in [1.29, 1.82) is 0 Å². The second-order valence-electron chi connectivity index (χ2n) is 3.91. The van der Waals surface area contributed by atoms with Crippen molar-refractivity contribution in [2.45, 2.75) is 24.8 Å². The van der Waals surface area contributed by atoms with Crippen molar-refractivity contribution in [2.75, 3.05) is 12.3 Å². The third-order valence-electron chi connectivity index (χ3n) is 2.50. The highest BCUT2D eigenvalue weighted by Crippen LogP contribution is 2.22. The summed E-state index contributed by atoms with van der Waals surface area (Å²) in [4.78, 5) is 12.2. The summed E-state index contributed by atoms with van der Waals surface area (Å²) in [7, 11) is 0. The molecule has 6 heteroatoms. The minimum absolute atomic E-state index is 0.186. The summed E-state index contributed by atoms with van der Waals surface area (Å²) in [6.07, 6.45) is 0. The van der Waals surface area contributed by atoms with Crippen molar-refractivity contribution in [3.05, 3.63) is 35.4 Å².